The summed E-state index contributed by atoms with van der Waals surface area (Å²) >= 11 is 0. The van der Waals surface area contributed by atoms with Crippen LogP contribution in [-0.2, 0) is 6.61 Å². The van der Waals surface area contributed by atoms with Crippen molar-refractivity contribution in [1.82, 2.24) is 5.32 Å². The third kappa shape index (κ3) is 3.70. The highest BCUT2D eigenvalue weighted by atomic mass is 16.5. The van der Waals surface area contributed by atoms with Gasteiger partial charge in [0.15, 0.2) is 0 Å². The third-order valence-corrected chi connectivity index (χ3v) is 4.41. The molecule has 0 aliphatic heterocycles. The summed E-state index contributed by atoms with van der Waals surface area (Å²) in [4.78, 5) is 11.7. The highest BCUT2D eigenvalue weighted by Gasteiger charge is 2.27. The van der Waals surface area contributed by atoms with Gasteiger partial charge in [0.05, 0.1) is 0 Å². The SMILES string of the molecule is CNC(=O)Nc1cccc(C2CC2)c1COc1ccc(C)cc1C. The van der Waals surface area contributed by atoms with Crippen molar-refractivity contribution in [3.63, 3.8) is 0 Å². The van der Waals surface area contributed by atoms with Crippen LogP contribution in [0.1, 0.15) is 41.0 Å². The Hall–Kier alpha value is -2.49. The van der Waals surface area contributed by atoms with E-state index in [0.29, 0.717) is 12.5 Å². The first-order valence-electron chi connectivity index (χ1n) is 8.39. The normalized spacial score (nSPS) is 13.5. The fraction of sp³-hybridized carbons (Fsp3) is 0.350. The molecular weight excluding hydrogens is 300 g/mol. The molecule has 4 heteroatoms. The molecule has 0 saturated heterocycles. The summed E-state index contributed by atoms with van der Waals surface area (Å²) in [5.41, 5.74) is 5.53. The molecule has 2 aromatic carbocycles. The number of carbonyl (C=O) groups excluding carboxylic acids is 1. The number of hydrogen-bond acceptors (Lipinski definition) is 2. The van der Waals surface area contributed by atoms with Crippen LogP contribution >= 0.6 is 0 Å². The van der Waals surface area contributed by atoms with Crippen molar-refractivity contribution in [2.24, 2.45) is 0 Å². The molecule has 0 radical (unpaired) electrons. The smallest absolute Gasteiger partial charge is 0.318 e. The number of ether oxygens (including phenoxy) is 1. The fourth-order valence-electron chi connectivity index (χ4n) is 2.96. The number of rotatable bonds is 5. The van der Waals surface area contributed by atoms with Crippen LogP contribution in [-0.4, -0.2) is 13.1 Å². The molecule has 0 unspecified atom stereocenters. The first-order valence-corrected chi connectivity index (χ1v) is 8.39. The summed E-state index contributed by atoms with van der Waals surface area (Å²) in [5.74, 6) is 1.48. The van der Waals surface area contributed by atoms with Crippen LogP contribution in [0.25, 0.3) is 0 Å². The molecule has 0 heterocycles. The van der Waals surface area contributed by atoms with Crippen LogP contribution in [0, 0.1) is 13.8 Å². The largest absolute Gasteiger partial charge is 0.489 e. The van der Waals surface area contributed by atoms with Gasteiger partial charge in [-0.3, -0.25) is 0 Å². The zero-order chi connectivity index (χ0) is 17.1. The maximum atomic E-state index is 11.7. The molecule has 0 bridgehead atoms. The topological polar surface area (TPSA) is 50.4 Å². The number of anilines is 1. The van der Waals surface area contributed by atoms with E-state index >= 15 is 0 Å². The van der Waals surface area contributed by atoms with Gasteiger partial charge in [-0.15, -0.1) is 0 Å². The highest BCUT2D eigenvalue weighted by Crippen LogP contribution is 2.43. The molecule has 0 spiro atoms. The van der Waals surface area contributed by atoms with Crippen LogP contribution < -0.4 is 15.4 Å². The first-order chi connectivity index (χ1) is 11.6. The van der Waals surface area contributed by atoms with E-state index in [1.165, 1.54) is 24.0 Å². The molecular formula is C20H24N2O2. The van der Waals surface area contributed by atoms with E-state index < -0.39 is 0 Å². The standard InChI is InChI=1S/C20H24N2O2/c1-13-7-10-19(14(2)11-13)24-12-17-16(15-8-9-15)5-4-6-18(17)22-20(23)21-3/h4-7,10-11,15H,8-9,12H2,1-3H3,(H2,21,22,23). The van der Waals surface area contributed by atoms with Gasteiger partial charge < -0.3 is 15.4 Å². The van der Waals surface area contributed by atoms with Gasteiger partial charge in [-0.25, -0.2) is 4.79 Å². The Kier molecular flexibility index (Phi) is 4.74. The number of carbonyl (C=O) groups is 1. The van der Waals surface area contributed by atoms with E-state index in [1.807, 2.05) is 18.2 Å². The average molecular weight is 324 g/mol. The Labute approximate surface area is 143 Å². The molecule has 1 aliphatic carbocycles. The monoisotopic (exact) mass is 324 g/mol. The number of benzene rings is 2. The van der Waals surface area contributed by atoms with E-state index in [1.54, 1.807) is 7.05 Å². The fourth-order valence-corrected chi connectivity index (χ4v) is 2.96. The summed E-state index contributed by atoms with van der Waals surface area (Å²) in [6, 6.07) is 12.0. The number of amides is 2. The predicted octanol–water partition coefficient (Wildman–Crippen LogP) is 4.51. The lowest BCUT2D eigenvalue weighted by molar-refractivity contribution is 0.254. The van der Waals surface area contributed by atoms with Crippen LogP contribution in [0.4, 0.5) is 10.5 Å². The molecule has 1 aliphatic rings. The van der Waals surface area contributed by atoms with Gasteiger partial charge >= 0.3 is 6.03 Å². The highest BCUT2D eigenvalue weighted by molar-refractivity contribution is 5.90. The molecule has 2 aromatic rings. The molecule has 0 atom stereocenters. The van der Waals surface area contributed by atoms with Gasteiger partial charge in [-0.05, 0) is 55.9 Å². The van der Waals surface area contributed by atoms with Crippen molar-refractivity contribution in [3.05, 3.63) is 58.7 Å². The van der Waals surface area contributed by atoms with Gasteiger partial charge in [0, 0.05) is 18.3 Å². The molecule has 0 aromatic heterocycles. The summed E-state index contributed by atoms with van der Waals surface area (Å²) in [6.07, 6.45) is 2.42. The lowest BCUT2D eigenvalue weighted by Crippen LogP contribution is -2.25. The van der Waals surface area contributed by atoms with Gasteiger partial charge in [-0.2, -0.15) is 0 Å². The quantitative estimate of drug-likeness (QED) is 0.850. The van der Waals surface area contributed by atoms with Gasteiger partial charge in [0.2, 0.25) is 0 Å². The van der Waals surface area contributed by atoms with Crippen LogP contribution in [0.3, 0.4) is 0 Å². The molecule has 4 nitrogen and oxygen atoms in total. The van der Waals surface area contributed by atoms with Crippen molar-refractivity contribution in [2.75, 3.05) is 12.4 Å². The number of nitrogens with one attached hydrogen (secondary N) is 2. The molecule has 2 amide bonds. The molecule has 2 N–H and O–H groups in total. The second kappa shape index (κ2) is 6.95. The first kappa shape index (κ1) is 16.4. The Balaban J connectivity index is 1.85. The molecule has 3 rings (SSSR count). The van der Waals surface area contributed by atoms with E-state index in [9.17, 15) is 4.79 Å². The van der Waals surface area contributed by atoms with Crippen LogP contribution in [0.5, 0.6) is 5.75 Å². The Morgan fingerprint density at radius 3 is 2.67 bits per heavy atom. The average Bonchev–Trinajstić information content (AvgIpc) is 3.39. The second-order valence-corrected chi connectivity index (χ2v) is 6.41. The van der Waals surface area contributed by atoms with Gasteiger partial charge in [0.25, 0.3) is 0 Å². The Morgan fingerprint density at radius 1 is 1.21 bits per heavy atom. The second-order valence-electron chi connectivity index (χ2n) is 6.41. The zero-order valence-corrected chi connectivity index (χ0v) is 14.5. The minimum atomic E-state index is -0.212. The summed E-state index contributed by atoms with van der Waals surface area (Å²) in [6.45, 7) is 4.58. The number of urea groups is 1. The Morgan fingerprint density at radius 2 is 2.00 bits per heavy atom. The van der Waals surface area contributed by atoms with E-state index in [4.69, 9.17) is 4.74 Å². The van der Waals surface area contributed by atoms with Crippen molar-refractivity contribution in [3.8, 4) is 5.75 Å². The van der Waals surface area contributed by atoms with Crippen molar-refractivity contribution < 1.29 is 9.53 Å². The maximum Gasteiger partial charge on any atom is 0.318 e. The van der Waals surface area contributed by atoms with Crippen molar-refractivity contribution in [2.45, 2.75) is 39.2 Å². The minimum absolute atomic E-state index is 0.212. The van der Waals surface area contributed by atoms with Gasteiger partial charge in [0.1, 0.15) is 12.4 Å². The van der Waals surface area contributed by atoms with Crippen molar-refractivity contribution >= 4 is 11.7 Å². The number of hydrogen-bond donors (Lipinski definition) is 2. The van der Waals surface area contributed by atoms with Crippen molar-refractivity contribution in [1.29, 1.82) is 0 Å². The minimum Gasteiger partial charge on any atom is -0.489 e. The zero-order valence-electron chi connectivity index (χ0n) is 14.5. The van der Waals surface area contributed by atoms with E-state index in [0.717, 1.165) is 22.6 Å². The Bertz CT molecular complexity index is 751. The molecule has 24 heavy (non-hydrogen) atoms. The predicted molar refractivity (Wildman–Crippen MR) is 96.7 cm³/mol. The van der Waals surface area contributed by atoms with Gasteiger partial charge in [-0.1, -0.05) is 29.8 Å². The third-order valence-electron chi connectivity index (χ3n) is 4.41. The lowest BCUT2D eigenvalue weighted by atomic mass is 10.0. The maximum absolute atomic E-state index is 11.7. The van der Waals surface area contributed by atoms with E-state index in [2.05, 4.69) is 42.7 Å². The van der Waals surface area contributed by atoms with E-state index in [-0.39, 0.29) is 6.03 Å². The van der Waals surface area contributed by atoms with Crippen LogP contribution in [0.2, 0.25) is 0 Å². The lowest BCUT2D eigenvalue weighted by Gasteiger charge is -2.17. The number of aryl methyl sites for hydroxylation is 2. The molecule has 1 saturated carbocycles. The summed E-state index contributed by atoms with van der Waals surface area (Å²) in [5, 5.41) is 5.52. The molecule has 1 fully saturated rings. The summed E-state index contributed by atoms with van der Waals surface area (Å²) < 4.78 is 6.08. The summed E-state index contributed by atoms with van der Waals surface area (Å²) in [7, 11) is 1.62. The molecule has 126 valence electrons. The van der Waals surface area contributed by atoms with Crippen LogP contribution in [0.15, 0.2) is 36.4 Å².